The van der Waals surface area contributed by atoms with Gasteiger partial charge in [-0.2, -0.15) is 0 Å². The Labute approximate surface area is 134 Å². The van der Waals surface area contributed by atoms with Gasteiger partial charge in [0, 0.05) is 6.54 Å². The van der Waals surface area contributed by atoms with Crippen LogP contribution in [0.4, 0.5) is 0 Å². The van der Waals surface area contributed by atoms with Crippen molar-refractivity contribution in [3.05, 3.63) is 59.0 Å². The van der Waals surface area contributed by atoms with Crippen molar-refractivity contribution in [2.45, 2.75) is 20.0 Å². The van der Waals surface area contributed by atoms with E-state index in [2.05, 4.69) is 10.6 Å². The SMILES string of the molecule is Cc1occc1C(=O)NCC(=O)NCCc1ccc(CO)cc1. The molecule has 1 aromatic heterocycles. The van der Waals surface area contributed by atoms with Crippen molar-refractivity contribution in [2.24, 2.45) is 0 Å². The van der Waals surface area contributed by atoms with E-state index in [1.807, 2.05) is 24.3 Å². The summed E-state index contributed by atoms with van der Waals surface area (Å²) < 4.78 is 5.05. The molecule has 0 atom stereocenters. The van der Waals surface area contributed by atoms with Crippen molar-refractivity contribution in [2.75, 3.05) is 13.1 Å². The molecule has 122 valence electrons. The number of aliphatic hydroxyl groups is 1. The van der Waals surface area contributed by atoms with Crippen LogP contribution in [0.3, 0.4) is 0 Å². The average Bonchev–Trinajstić information content (AvgIpc) is 2.99. The number of benzene rings is 1. The summed E-state index contributed by atoms with van der Waals surface area (Å²) in [6, 6.07) is 9.11. The molecule has 0 aliphatic heterocycles. The minimum absolute atomic E-state index is 0.0207. The van der Waals surface area contributed by atoms with E-state index >= 15 is 0 Å². The molecule has 0 fully saturated rings. The predicted octanol–water partition coefficient (Wildman–Crippen LogP) is 1.17. The predicted molar refractivity (Wildman–Crippen MR) is 84.9 cm³/mol. The maximum Gasteiger partial charge on any atom is 0.255 e. The van der Waals surface area contributed by atoms with Crippen LogP contribution in [0.25, 0.3) is 0 Å². The molecule has 0 radical (unpaired) electrons. The van der Waals surface area contributed by atoms with Gasteiger partial charge in [0.15, 0.2) is 0 Å². The normalized spacial score (nSPS) is 10.3. The molecule has 2 aromatic rings. The van der Waals surface area contributed by atoms with Crippen molar-refractivity contribution < 1.29 is 19.1 Å². The van der Waals surface area contributed by atoms with E-state index < -0.39 is 0 Å². The van der Waals surface area contributed by atoms with Gasteiger partial charge >= 0.3 is 0 Å². The molecular formula is C17H20N2O4. The number of carbonyl (C=O) groups is 2. The van der Waals surface area contributed by atoms with Gasteiger partial charge in [-0.25, -0.2) is 0 Å². The first kappa shape index (κ1) is 16.8. The van der Waals surface area contributed by atoms with Crippen molar-refractivity contribution in [3.8, 4) is 0 Å². The fourth-order valence-electron chi connectivity index (χ4n) is 2.10. The fraction of sp³-hybridized carbons (Fsp3) is 0.294. The smallest absolute Gasteiger partial charge is 0.255 e. The zero-order valence-electron chi connectivity index (χ0n) is 13.0. The van der Waals surface area contributed by atoms with E-state index in [4.69, 9.17) is 9.52 Å². The first-order valence-corrected chi connectivity index (χ1v) is 7.38. The summed E-state index contributed by atoms with van der Waals surface area (Å²) in [6.07, 6.45) is 2.12. The van der Waals surface area contributed by atoms with Crippen molar-refractivity contribution >= 4 is 11.8 Å². The zero-order chi connectivity index (χ0) is 16.7. The number of amides is 2. The summed E-state index contributed by atoms with van der Waals surface area (Å²) in [7, 11) is 0. The van der Waals surface area contributed by atoms with E-state index in [9.17, 15) is 9.59 Å². The second-order valence-electron chi connectivity index (χ2n) is 5.15. The van der Waals surface area contributed by atoms with Crippen molar-refractivity contribution in [1.82, 2.24) is 10.6 Å². The molecule has 23 heavy (non-hydrogen) atoms. The highest BCUT2D eigenvalue weighted by Gasteiger charge is 2.12. The molecule has 3 N–H and O–H groups in total. The number of aliphatic hydroxyl groups excluding tert-OH is 1. The Morgan fingerprint density at radius 1 is 1.09 bits per heavy atom. The average molecular weight is 316 g/mol. The lowest BCUT2D eigenvalue weighted by atomic mass is 10.1. The van der Waals surface area contributed by atoms with Gasteiger partial charge in [-0.1, -0.05) is 24.3 Å². The Kier molecular flexibility index (Phi) is 5.94. The van der Waals surface area contributed by atoms with Crippen LogP contribution in [0.1, 0.15) is 27.2 Å². The Balaban J connectivity index is 1.68. The van der Waals surface area contributed by atoms with Crippen LogP contribution < -0.4 is 10.6 Å². The molecule has 0 unspecified atom stereocenters. The quantitative estimate of drug-likeness (QED) is 0.715. The number of furan rings is 1. The van der Waals surface area contributed by atoms with Gasteiger partial charge in [-0.3, -0.25) is 9.59 Å². The van der Waals surface area contributed by atoms with Crippen molar-refractivity contribution in [1.29, 1.82) is 0 Å². The van der Waals surface area contributed by atoms with E-state index in [1.165, 1.54) is 6.26 Å². The van der Waals surface area contributed by atoms with Crippen LogP contribution in [-0.4, -0.2) is 30.0 Å². The van der Waals surface area contributed by atoms with Gasteiger partial charge in [-0.05, 0) is 30.5 Å². The van der Waals surface area contributed by atoms with Gasteiger partial charge in [0.05, 0.1) is 25.0 Å². The van der Waals surface area contributed by atoms with E-state index in [0.29, 0.717) is 24.3 Å². The van der Waals surface area contributed by atoms with Gasteiger partial charge < -0.3 is 20.2 Å². The van der Waals surface area contributed by atoms with Gasteiger partial charge in [0.25, 0.3) is 5.91 Å². The summed E-state index contributed by atoms with van der Waals surface area (Å²) in [5.74, 6) is -0.0493. The van der Waals surface area contributed by atoms with Crippen LogP contribution in [0.15, 0.2) is 41.0 Å². The third-order valence-corrected chi connectivity index (χ3v) is 3.45. The number of aryl methyl sites for hydroxylation is 1. The molecule has 0 saturated carbocycles. The molecule has 6 nitrogen and oxygen atoms in total. The molecular weight excluding hydrogens is 296 g/mol. The lowest BCUT2D eigenvalue weighted by molar-refractivity contribution is -0.120. The monoisotopic (exact) mass is 316 g/mol. The number of hydrogen-bond acceptors (Lipinski definition) is 4. The van der Waals surface area contributed by atoms with Gasteiger partial charge in [-0.15, -0.1) is 0 Å². The van der Waals surface area contributed by atoms with Crippen LogP contribution in [-0.2, 0) is 17.8 Å². The third kappa shape index (κ3) is 4.96. The number of hydrogen-bond donors (Lipinski definition) is 3. The molecule has 2 amide bonds. The highest BCUT2D eigenvalue weighted by molar-refractivity contribution is 5.97. The molecule has 0 spiro atoms. The highest BCUT2D eigenvalue weighted by Crippen LogP contribution is 2.07. The number of carbonyl (C=O) groups excluding carboxylic acids is 2. The Bertz CT molecular complexity index is 661. The first-order chi connectivity index (χ1) is 11.1. The minimum atomic E-state index is -0.328. The van der Waals surface area contributed by atoms with Crippen LogP contribution in [0.5, 0.6) is 0 Å². The summed E-state index contributed by atoms with van der Waals surface area (Å²) >= 11 is 0. The largest absolute Gasteiger partial charge is 0.469 e. The topological polar surface area (TPSA) is 91.6 Å². The number of nitrogens with one attached hydrogen (secondary N) is 2. The van der Waals surface area contributed by atoms with Crippen molar-refractivity contribution in [3.63, 3.8) is 0 Å². The highest BCUT2D eigenvalue weighted by atomic mass is 16.3. The molecule has 0 aliphatic carbocycles. The van der Waals surface area contributed by atoms with Crippen LogP contribution in [0, 0.1) is 6.92 Å². The van der Waals surface area contributed by atoms with E-state index in [-0.39, 0.29) is 25.0 Å². The standard InChI is InChI=1S/C17H20N2O4/c1-12-15(7-9-23-12)17(22)19-10-16(21)18-8-6-13-2-4-14(11-20)5-3-13/h2-5,7,9,20H,6,8,10-11H2,1H3,(H,18,21)(H,19,22). The van der Waals surface area contributed by atoms with E-state index in [0.717, 1.165) is 11.1 Å². The molecule has 0 aliphatic rings. The number of rotatable bonds is 7. The maximum absolute atomic E-state index is 11.8. The van der Waals surface area contributed by atoms with Gasteiger partial charge in [0.2, 0.25) is 5.91 Å². The molecule has 0 saturated heterocycles. The second-order valence-corrected chi connectivity index (χ2v) is 5.15. The van der Waals surface area contributed by atoms with E-state index in [1.54, 1.807) is 13.0 Å². The lowest BCUT2D eigenvalue weighted by Gasteiger charge is -2.07. The Hall–Kier alpha value is -2.60. The molecule has 0 bridgehead atoms. The Morgan fingerprint density at radius 2 is 1.78 bits per heavy atom. The third-order valence-electron chi connectivity index (χ3n) is 3.45. The summed E-state index contributed by atoms with van der Waals surface area (Å²) in [5.41, 5.74) is 2.36. The first-order valence-electron chi connectivity index (χ1n) is 7.38. The molecule has 6 heteroatoms. The summed E-state index contributed by atoms with van der Waals surface area (Å²) in [5, 5.41) is 14.3. The minimum Gasteiger partial charge on any atom is -0.469 e. The maximum atomic E-state index is 11.8. The molecule has 2 rings (SSSR count). The van der Waals surface area contributed by atoms with Crippen LogP contribution >= 0.6 is 0 Å². The van der Waals surface area contributed by atoms with Crippen LogP contribution in [0.2, 0.25) is 0 Å². The fourth-order valence-corrected chi connectivity index (χ4v) is 2.10. The van der Waals surface area contributed by atoms with Gasteiger partial charge in [0.1, 0.15) is 5.76 Å². The molecule has 1 heterocycles. The summed E-state index contributed by atoms with van der Waals surface area (Å²) in [6.45, 7) is 2.12. The lowest BCUT2D eigenvalue weighted by Crippen LogP contribution is -2.37. The zero-order valence-corrected chi connectivity index (χ0v) is 13.0. The second kappa shape index (κ2) is 8.14. The molecule has 1 aromatic carbocycles. The Morgan fingerprint density at radius 3 is 2.39 bits per heavy atom. The summed E-state index contributed by atoms with van der Waals surface area (Å²) in [4.78, 5) is 23.5.